The van der Waals surface area contributed by atoms with Crippen molar-refractivity contribution in [2.45, 2.75) is 66.2 Å². The van der Waals surface area contributed by atoms with Crippen molar-refractivity contribution in [3.8, 4) is 28.5 Å². The molecule has 0 atom stereocenters. The molecule has 2 heterocycles. The van der Waals surface area contributed by atoms with Crippen LogP contribution in [0.15, 0.2) is 54.9 Å². The van der Waals surface area contributed by atoms with Gasteiger partial charge in [-0.1, -0.05) is 71.9 Å². The lowest BCUT2D eigenvalue weighted by Gasteiger charge is -2.22. The Balaban J connectivity index is 1.93. The van der Waals surface area contributed by atoms with E-state index in [-0.39, 0.29) is 10.8 Å². The highest BCUT2D eigenvalue weighted by molar-refractivity contribution is 5.69. The Hall–Kier alpha value is -3.34. The minimum Gasteiger partial charge on any atom is -0.232 e. The minimum atomic E-state index is -0.169. The van der Waals surface area contributed by atoms with Gasteiger partial charge in [0.2, 0.25) is 0 Å². The van der Waals surface area contributed by atoms with Gasteiger partial charge in [-0.25, -0.2) is 19.5 Å². The molecule has 0 spiro atoms. The maximum Gasteiger partial charge on any atom is 0.294 e. The Morgan fingerprint density at radius 1 is 0.765 bits per heavy atom. The molecular formula is C29H36N5+. The third-order valence-electron chi connectivity index (χ3n) is 6.09. The Bertz CT molecular complexity index is 1320. The van der Waals surface area contributed by atoms with E-state index < -0.39 is 0 Å². The van der Waals surface area contributed by atoms with Crippen LogP contribution < -0.4 is 4.57 Å². The summed E-state index contributed by atoms with van der Waals surface area (Å²) < 4.78 is 4.43. The fourth-order valence-corrected chi connectivity index (χ4v) is 4.00. The van der Waals surface area contributed by atoms with Gasteiger partial charge in [-0.15, -0.1) is 0 Å². The average Bonchev–Trinajstić information content (AvgIpc) is 3.14. The first-order chi connectivity index (χ1) is 15.9. The number of para-hydroxylation sites is 1. The molecule has 2 aromatic carbocycles. The molecule has 0 aliphatic heterocycles. The number of benzene rings is 2. The number of aromatic nitrogens is 5. The largest absolute Gasteiger partial charge is 0.294 e. The maximum absolute atomic E-state index is 4.92. The molecular weight excluding hydrogens is 418 g/mol. The summed E-state index contributed by atoms with van der Waals surface area (Å²) in [5.41, 5.74) is 5.42. The summed E-state index contributed by atoms with van der Waals surface area (Å²) in [5, 5.41) is 0. The van der Waals surface area contributed by atoms with E-state index in [4.69, 9.17) is 15.0 Å². The third kappa shape index (κ3) is 4.52. The number of imidazole rings is 1. The van der Waals surface area contributed by atoms with Crippen LogP contribution in [-0.4, -0.2) is 19.5 Å². The second-order valence-electron chi connectivity index (χ2n) is 11.2. The Morgan fingerprint density at radius 2 is 1.38 bits per heavy atom. The first-order valence-electron chi connectivity index (χ1n) is 11.9. The van der Waals surface area contributed by atoms with Crippen LogP contribution in [0.3, 0.4) is 0 Å². The van der Waals surface area contributed by atoms with E-state index >= 15 is 0 Å². The topological polar surface area (TPSA) is 47.5 Å². The quantitative estimate of drug-likeness (QED) is 0.355. The van der Waals surface area contributed by atoms with E-state index in [0.29, 0.717) is 0 Å². The van der Waals surface area contributed by atoms with Crippen molar-refractivity contribution < 1.29 is 4.57 Å². The van der Waals surface area contributed by atoms with Crippen LogP contribution >= 0.6 is 0 Å². The molecule has 0 radical (unpaired) electrons. The summed E-state index contributed by atoms with van der Waals surface area (Å²) in [6, 6.07) is 15.0. The van der Waals surface area contributed by atoms with Crippen molar-refractivity contribution in [3.63, 3.8) is 0 Å². The molecule has 0 N–H and O–H groups in total. The van der Waals surface area contributed by atoms with Gasteiger partial charge in [0, 0.05) is 16.4 Å². The van der Waals surface area contributed by atoms with Gasteiger partial charge in [0.15, 0.2) is 5.82 Å². The zero-order valence-electron chi connectivity index (χ0n) is 21.9. The van der Waals surface area contributed by atoms with Gasteiger partial charge >= 0.3 is 0 Å². The van der Waals surface area contributed by atoms with Crippen LogP contribution in [0.25, 0.3) is 28.5 Å². The van der Waals surface area contributed by atoms with E-state index in [2.05, 4.69) is 126 Å². The smallest absolute Gasteiger partial charge is 0.232 e. The van der Waals surface area contributed by atoms with Gasteiger partial charge in [0.25, 0.3) is 5.82 Å². The highest BCUT2D eigenvalue weighted by atomic mass is 15.1. The van der Waals surface area contributed by atoms with Gasteiger partial charge in [-0.3, -0.25) is 0 Å². The van der Waals surface area contributed by atoms with Crippen LogP contribution in [-0.2, 0) is 17.9 Å². The molecule has 5 nitrogen and oxygen atoms in total. The van der Waals surface area contributed by atoms with E-state index in [9.17, 15) is 0 Å². The van der Waals surface area contributed by atoms with Crippen molar-refractivity contribution in [2.75, 3.05) is 0 Å². The molecule has 0 bridgehead atoms. The van der Waals surface area contributed by atoms with Crippen molar-refractivity contribution in [2.24, 2.45) is 7.05 Å². The lowest BCUT2D eigenvalue weighted by Crippen LogP contribution is -2.29. The normalized spacial score (nSPS) is 12.3. The fraction of sp³-hybridized carbons (Fsp3) is 0.379. The third-order valence-corrected chi connectivity index (χ3v) is 6.09. The summed E-state index contributed by atoms with van der Waals surface area (Å²) >= 11 is 0. The number of nitrogens with zero attached hydrogens (tertiary/aromatic N) is 5. The van der Waals surface area contributed by atoms with Gasteiger partial charge in [-0.2, -0.15) is 4.57 Å². The molecule has 5 heteroatoms. The number of aryl methyl sites for hydroxylation is 3. The standard InChI is InChI=1S/C29H36N5/c1-19-14-15-21(24-30-26(28(3,4)5)32-27(31-24)29(6,7)8)18-22(19)25-33(9)16-17-34(25)23-13-11-10-12-20(23)2/h10-18H,1-9H3/q+1. The second-order valence-corrected chi connectivity index (χ2v) is 11.2. The zero-order valence-corrected chi connectivity index (χ0v) is 21.9. The van der Waals surface area contributed by atoms with E-state index in [1.807, 2.05) is 0 Å². The van der Waals surface area contributed by atoms with Crippen LogP contribution in [0, 0.1) is 13.8 Å². The van der Waals surface area contributed by atoms with Crippen molar-refractivity contribution in [1.29, 1.82) is 0 Å². The summed E-state index contributed by atoms with van der Waals surface area (Å²) in [6.07, 6.45) is 4.23. The van der Waals surface area contributed by atoms with Gasteiger partial charge in [0.05, 0.1) is 12.6 Å². The lowest BCUT2D eigenvalue weighted by atomic mass is 9.92. The highest BCUT2D eigenvalue weighted by Gasteiger charge is 2.27. The predicted molar refractivity (Wildman–Crippen MR) is 138 cm³/mol. The molecule has 0 fully saturated rings. The van der Waals surface area contributed by atoms with Gasteiger partial charge in [0.1, 0.15) is 29.7 Å². The Labute approximate surface area is 203 Å². The minimum absolute atomic E-state index is 0.169. The first kappa shape index (κ1) is 23.8. The average molecular weight is 455 g/mol. The lowest BCUT2D eigenvalue weighted by molar-refractivity contribution is -0.659. The molecule has 0 saturated heterocycles. The fourth-order valence-electron chi connectivity index (χ4n) is 4.00. The van der Waals surface area contributed by atoms with Crippen molar-refractivity contribution in [3.05, 3.63) is 77.6 Å². The van der Waals surface area contributed by atoms with Crippen molar-refractivity contribution in [1.82, 2.24) is 19.5 Å². The molecule has 0 saturated carbocycles. The number of rotatable bonds is 3. The van der Waals surface area contributed by atoms with Crippen molar-refractivity contribution >= 4 is 0 Å². The first-order valence-corrected chi connectivity index (χ1v) is 11.9. The van der Waals surface area contributed by atoms with E-state index in [1.165, 1.54) is 16.8 Å². The summed E-state index contributed by atoms with van der Waals surface area (Å²) in [7, 11) is 2.09. The molecule has 0 aliphatic carbocycles. The van der Waals surface area contributed by atoms with Crippen LogP contribution in [0.5, 0.6) is 0 Å². The molecule has 0 aliphatic rings. The second kappa shape index (κ2) is 8.46. The number of hydrogen-bond donors (Lipinski definition) is 0. The molecule has 0 unspecified atom stereocenters. The van der Waals surface area contributed by atoms with Gasteiger partial charge < -0.3 is 0 Å². The van der Waals surface area contributed by atoms with E-state index in [1.54, 1.807) is 0 Å². The molecule has 176 valence electrons. The van der Waals surface area contributed by atoms with Crippen LogP contribution in [0.4, 0.5) is 0 Å². The molecule has 4 aromatic rings. The highest BCUT2D eigenvalue weighted by Crippen LogP contribution is 2.31. The number of hydrogen-bond acceptors (Lipinski definition) is 3. The molecule has 34 heavy (non-hydrogen) atoms. The Kier molecular flexibility index (Phi) is 5.92. The monoisotopic (exact) mass is 454 g/mol. The Morgan fingerprint density at radius 3 is 1.97 bits per heavy atom. The summed E-state index contributed by atoms with van der Waals surface area (Å²) in [4.78, 5) is 14.7. The maximum atomic E-state index is 4.92. The summed E-state index contributed by atoms with van der Waals surface area (Å²) in [5.74, 6) is 3.48. The predicted octanol–water partition coefficient (Wildman–Crippen LogP) is 6.03. The molecule has 0 amide bonds. The zero-order chi connectivity index (χ0) is 24.8. The van der Waals surface area contributed by atoms with Crippen LogP contribution in [0.1, 0.15) is 64.3 Å². The van der Waals surface area contributed by atoms with Crippen LogP contribution in [0.2, 0.25) is 0 Å². The van der Waals surface area contributed by atoms with Gasteiger partial charge in [-0.05, 0) is 37.1 Å². The molecule has 2 aromatic heterocycles. The summed E-state index contributed by atoms with van der Waals surface area (Å²) in [6.45, 7) is 17.2. The van der Waals surface area contributed by atoms with E-state index in [0.717, 1.165) is 34.4 Å². The SMILES string of the molecule is Cc1ccc(-c2nc(C(C)(C)C)nc(C(C)(C)C)n2)cc1-c1n(-c2ccccc2C)cc[n+]1C. The molecule has 4 rings (SSSR count).